The second kappa shape index (κ2) is 6.24. The highest BCUT2D eigenvalue weighted by molar-refractivity contribution is 6.33. The van der Waals surface area contributed by atoms with Crippen molar-refractivity contribution in [3.8, 4) is 0 Å². The third kappa shape index (κ3) is 2.90. The third-order valence-corrected chi connectivity index (χ3v) is 4.01. The lowest BCUT2D eigenvalue weighted by Crippen LogP contribution is -2.32. The Hall–Kier alpha value is -3.40. The van der Waals surface area contributed by atoms with Gasteiger partial charge in [0.1, 0.15) is 17.3 Å². The van der Waals surface area contributed by atoms with Crippen molar-refractivity contribution in [2.75, 3.05) is 4.90 Å². The topological polar surface area (TPSA) is 45.8 Å². The van der Waals surface area contributed by atoms with Crippen LogP contribution in [0.3, 0.4) is 0 Å². The molecule has 0 spiro atoms. The third-order valence-electron chi connectivity index (χ3n) is 4.01. The summed E-state index contributed by atoms with van der Waals surface area (Å²) >= 11 is 0. The molecule has 4 nitrogen and oxygen atoms in total. The largest absolute Gasteiger partial charge is 0.465 e. The predicted molar refractivity (Wildman–Crippen MR) is 98.3 cm³/mol. The minimum absolute atomic E-state index is 0.168. The summed E-state index contributed by atoms with van der Waals surface area (Å²) in [6.45, 7) is 2.03. The van der Waals surface area contributed by atoms with Gasteiger partial charge >= 0.3 is 0 Å². The number of hydrogen-bond acceptors (Lipinski definition) is 3. The Kier molecular flexibility index (Phi) is 3.78. The molecule has 0 aliphatic carbocycles. The molecule has 122 valence electrons. The Morgan fingerprint density at radius 1 is 0.960 bits per heavy atom. The van der Waals surface area contributed by atoms with Crippen LogP contribution in [0, 0.1) is 6.92 Å². The Morgan fingerprint density at radius 3 is 2.40 bits per heavy atom. The summed E-state index contributed by atoms with van der Waals surface area (Å²) in [5, 5.41) is 0. The first-order valence-electron chi connectivity index (χ1n) is 8.03. The van der Waals surface area contributed by atoms with Crippen molar-refractivity contribution < 1.29 is 9.21 Å². The molecule has 0 saturated carbocycles. The van der Waals surface area contributed by atoms with Crippen molar-refractivity contribution in [1.29, 1.82) is 0 Å². The number of anilines is 1. The Bertz CT molecular complexity index is 953. The Balaban J connectivity index is 1.83. The number of carbonyl (C=O) groups is 1. The molecule has 1 amide bonds. The van der Waals surface area contributed by atoms with E-state index in [0.29, 0.717) is 17.3 Å². The predicted octanol–water partition coefficient (Wildman–Crippen LogP) is 4.42. The van der Waals surface area contributed by atoms with E-state index in [0.717, 1.165) is 16.8 Å². The number of carbonyl (C=O) groups excluding carboxylic acids is 1. The Morgan fingerprint density at radius 2 is 1.72 bits per heavy atom. The molecule has 2 aromatic carbocycles. The molecule has 3 aromatic rings. The highest BCUT2D eigenvalue weighted by Gasteiger charge is 2.32. The molecule has 0 N–H and O–H groups in total. The van der Waals surface area contributed by atoms with Crippen LogP contribution in [0.2, 0.25) is 0 Å². The van der Waals surface area contributed by atoms with Gasteiger partial charge < -0.3 is 4.42 Å². The number of nitrogens with zero attached hydrogens (tertiary/aromatic N) is 2. The average molecular weight is 328 g/mol. The summed E-state index contributed by atoms with van der Waals surface area (Å²) in [7, 11) is 0. The van der Waals surface area contributed by atoms with Crippen molar-refractivity contribution in [2.24, 2.45) is 4.99 Å². The second-order valence-corrected chi connectivity index (χ2v) is 5.82. The van der Waals surface area contributed by atoms with Crippen molar-refractivity contribution >= 4 is 23.5 Å². The van der Waals surface area contributed by atoms with Gasteiger partial charge in [-0.25, -0.2) is 4.99 Å². The summed E-state index contributed by atoms with van der Waals surface area (Å²) in [6.07, 6.45) is 3.24. The lowest BCUT2D eigenvalue weighted by Gasteiger charge is -2.18. The van der Waals surface area contributed by atoms with E-state index >= 15 is 0 Å². The van der Waals surface area contributed by atoms with Crippen LogP contribution in [-0.2, 0) is 4.79 Å². The number of amides is 1. The zero-order chi connectivity index (χ0) is 17.2. The van der Waals surface area contributed by atoms with Crippen LogP contribution in [0.15, 0.2) is 88.1 Å². The zero-order valence-corrected chi connectivity index (χ0v) is 13.7. The van der Waals surface area contributed by atoms with E-state index < -0.39 is 0 Å². The molecule has 0 radical (unpaired) electrons. The molecule has 4 rings (SSSR count). The van der Waals surface area contributed by atoms with Crippen LogP contribution in [-0.4, -0.2) is 11.7 Å². The van der Waals surface area contributed by atoms with Crippen molar-refractivity contribution in [2.45, 2.75) is 6.92 Å². The van der Waals surface area contributed by atoms with Gasteiger partial charge in [0, 0.05) is 11.6 Å². The first kappa shape index (κ1) is 15.1. The fourth-order valence-electron chi connectivity index (χ4n) is 2.74. The van der Waals surface area contributed by atoms with Gasteiger partial charge in [-0.05, 0) is 31.2 Å². The number of rotatable bonds is 3. The molecule has 1 aromatic heterocycles. The van der Waals surface area contributed by atoms with Crippen molar-refractivity contribution in [1.82, 2.24) is 0 Å². The number of para-hydroxylation sites is 1. The summed E-state index contributed by atoms with van der Waals surface area (Å²) in [5.41, 5.74) is 3.20. The quantitative estimate of drug-likeness (QED) is 0.668. The molecule has 0 atom stereocenters. The molecule has 0 bridgehead atoms. The summed E-state index contributed by atoms with van der Waals surface area (Å²) in [6, 6.07) is 21.1. The standard InChI is InChI=1S/C21H16N2O2/c1-15-9-11-16(12-10-15)20-22-19(14-18-8-5-13-25-18)21(24)23(20)17-6-3-2-4-7-17/h2-14H,1H3/b19-14+. The number of furan rings is 1. The molecule has 0 unspecified atom stereocenters. The van der Waals surface area contributed by atoms with E-state index in [4.69, 9.17) is 4.42 Å². The van der Waals surface area contributed by atoms with E-state index in [-0.39, 0.29) is 5.91 Å². The molecule has 0 saturated heterocycles. The smallest absolute Gasteiger partial charge is 0.282 e. The molecular formula is C21H16N2O2. The maximum Gasteiger partial charge on any atom is 0.282 e. The van der Waals surface area contributed by atoms with Gasteiger partial charge in [-0.1, -0.05) is 48.0 Å². The maximum atomic E-state index is 13.0. The maximum absolute atomic E-state index is 13.0. The zero-order valence-electron chi connectivity index (χ0n) is 13.7. The highest BCUT2D eigenvalue weighted by atomic mass is 16.3. The van der Waals surface area contributed by atoms with Crippen molar-refractivity contribution in [3.63, 3.8) is 0 Å². The number of amidine groups is 1. The normalized spacial score (nSPS) is 15.7. The molecule has 4 heteroatoms. The van der Waals surface area contributed by atoms with Gasteiger partial charge in [-0.3, -0.25) is 9.69 Å². The Labute approximate surface area is 145 Å². The lowest BCUT2D eigenvalue weighted by molar-refractivity contribution is -0.113. The number of aliphatic imine (C=N–C) groups is 1. The molecule has 2 heterocycles. The fraction of sp³-hybridized carbons (Fsp3) is 0.0476. The van der Waals surface area contributed by atoms with E-state index in [2.05, 4.69) is 4.99 Å². The SMILES string of the molecule is Cc1ccc(C2=N/C(=C/c3ccco3)C(=O)N2c2ccccc2)cc1. The first-order chi connectivity index (χ1) is 12.2. The molecule has 1 aliphatic rings. The van der Waals surface area contributed by atoms with Gasteiger partial charge in [0.05, 0.1) is 12.0 Å². The molecule has 0 fully saturated rings. The van der Waals surface area contributed by atoms with Crippen LogP contribution in [0.4, 0.5) is 5.69 Å². The second-order valence-electron chi connectivity index (χ2n) is 5.82. The fourth-order valence-corrected chi connectivity index (χ4v) is 2.74. The van der Waals surface area contributed by atoms with Crippen LogP contribution in [0.25, 0.3) is 6.08 Å². The summed E-state index contributed by atoms with van der Waals surface area (Å²) in [4.78, 5) is 19.2. The number of aryl methyl sites for hydroxylation is 1. The van der Waals surface area contributed by atoms with Crippen molar-refractivity contribution in [3.05, 3.63) is 95.6 Å². The van der Waals surface area contributed by atoms with Crippen LogP contribution in [0.5, 0.6) is 0 Å². The highest BCUT2D eigenvalue weighted by Crippen LogP contribution is 2.27. The lowest BCUT2D eigenvalue weighted by atomic mass is 10.1. The molecule has 1 aliphatic heterocycles. The monoisotopic (exact) mass is 328 g/mol. The van der Waals surface area contributed by atoms with E-state index in [9.17, 15) is 4.79 Å². The number of hydrogen-bond donors (Lipinski definition) is 0. The van der Waals surface area contributed by atoms with E-state index in [1.165, 1.54) is 0 Å². The van der Waals surface area contributed by atoms with Gasteiger partial charge in [0.15, 0.2) is 0 Å². The van der Waals surface area contributed by atoms with Gasteiger partial charge in [0.2, 0.25) is 0 Å². The summed E-state index contributed by atoms with van der Waals surface area (Å²) in [5.74, 6) is 1.05. The minimum atomic E-state index is -0.168. The van der Waals surface area contributed by atoms with Crippen LogP contribution >= 0.6 is 0 Å². The van der Waals surface area contributed by atoms with Gasteiger partial charge in [0.25, 0.3) is 5.91 Å². The average Bonchev–Trinajstić information content (AvgIpc) is 3.25. The van der Waals surface area contributed by atoms with Crippen LogP contribution in [0.1, 0.15) is 16.9 Å². The first-order valence-corrected chi connectivity index (χ1v) is 8.03. The minimum Gasteiger partial charge on any atom is -0.465 e. The van der Waals surface area contributed by atoms with Gasteiger partial charge in [-0.15, -0.1) is 0 Å². The molecule has 25 heavy (non-hydrogen) atoms. The van der Waals surface area contributed by atoms with E-state index in [1.54, 1.807) is 29.4 Å². The van der Waals surface area contributed by atoms with Gasteiger partial charge in [-0.2, -0.15) is 0 Å². The number of benzene rings is 2. The van der Waals surface area contributed by atoms with Crippen LogP contribution < -0.4 is 4.90 Å². The van der Waals surface area contributed by atoms with E-state index in [1.807, 2.05) is 61.5 Å². The molecular weight excluding hydrogens is 312 g/mol. The summed E-state index contributed by atoms with van der Waals surface area (Å²) < 4.78 is 5.33.